The van der Waals surface area contributed by atoms with Crippen molar-refractivity contribution < 1.29 is 0 Å². The summed E-state index contributed by atoms with van der Waals surface area (Å²) in [5.74, 6) is 3.08. The molecule has 1 aliphatic rings. The van der Waals surface area contributed by atoms with Crippen molar-refractivity contribution in [3.05, 3.63) is 18.5 Å². The first-order chi connectivity index (χ1) is 8.93. The number of imidazole rings is 1. The standard InChI is InChI=1S/C10H11N7S/c1-2-18-3-6(11-1)9-15-16-10-7-8(13-4-12-7)14-5-17(9)10/h4-6,11H,1-3H2,(H,12,13). The lowest BCUT2D eigenvalue weighted by atomic mass is 10.3. The summed E-state index contributed by atoms with van der Waals surface area (Å²) in [6, 6.07) is 0.237. The second kappa shape index (κ2) is 3.92. The van der Waals surface area contributed by atoms with E-state index < -0.39 is 0 Å². The van der Waals surface area contributed by atoms with Gasteiger partial charge in [0.1, 0.15) is 11.8 Å². The van der Waals surface area contributed by atoms with Crippen LogP contribution in [0.5, 0.6) is 0 Å². The number of H-pyrrole nitrogens is 1. The molecular weight excluding hydrogens is 250 g/mol. The smallest absolute Gasteiger partial charge is 0.189 e. The van der Waals surface area contributed by atoms with Crippen LogP contribution in [0.2, 0.25) is 0 Å². The minimum atomic E-state index is 0.237. The zero-order valence-corrected chi connectivity index (χ0v) is 10.3. The number of fused-ring (bicyclic) bond motifs is 3. The largest absolute Gasteiger partial charge is 0.340 e. The molecule has 1 aliphatic heterocycles. The molecule has 3 aromatic rings. The molecule has 92 valence electrons. The van der Waals surface area contributed by atoms with Gasteiger partial charge in [-0.15, -0.1) is 10.2 Å². The molecule has 4 heterocycles. The lowest BCUT2D eigenvalue weighted by Crippen LogP contribution is -2.31. The molecule has 0 saturated carbocycles. The van der Waals surface area contributed by atoms with Gasteiger partial charge in [-0.3, -0.25) is 4.40 Å². The Bertz CT molecular complexity index is 696. The molecule has 2 N–H and O–H groups in total. The number of hydrogen-bond acceptors (Lipinski definition) is 6. The van der Waals surface area contributed by atoms with Crippen molar-refractivity contribution in [1.29, 1.82) is 0 Å². The Hall–Kier alpha value is -1.67. The van der Waals surface area contributed by atoms with Crippen LogP contribution in [0.3, 0.4) is 0 Å². The Labute approximate surface area is 106 Å². The van der Waals surface area contributed by atoms with Crippen LogP contribution in [0.1, 0.15) is 11.9 Å². The molecule has 4 rings (SSSR count). The molecule has 3 aromatic heterocycles. The summed E-state index contributed by atoms with van der Waals surface area (Å²) in [4.78, 5) is 11.5. The summed E-state index contributed by atoms with van der Waals surface area (Å²) in [5, 5.41) is 12.0. The molecule has 7 nitrogen and oxygen atoms in total. The molecule has 1 unspecified atom stereocenters. The third-order valence-corrected chi connectivity index (χ3v) is 4.16. The van der Waals surface area contributed by atoms with E-state index in [2.05, 4.69) is 30.5 Å². The average molecular weight is 261 g/mol. The fraction of sp³-hybridized carbons (Fsp3) is 0.400. The van der Waals surface area contributed by atoms with E-state index in [-0.39, 0.29) is 6.04 Å². The van der Waals surface area contributed by atoms with Crippen molar-refractivity contribution in [1.82, 2.24) is 34.9 Å². The summed E-state index contributed by atoms with van der Waals surface area (Å²) < 4.78 is 1.93. The second-order valence-electron chi connectivity index (χ2n) is 4.18. The van der Waals surface area contributed by atoms with Gasteiger partial charge in [-0.1, -0.05) is 0 Å². The summed E-state index contributed by atoms with van der Waals surface area (Å²) in [6.45, 7) is 1.00. The molecular formula is C10H11N7S. The molecule has 0 aliphatic carbocycles. The number of thioether (sulfide) groups is 1. The highest BCUT2D eigenvalue weighted by Crippen LogP contribution is 2.22. The van der Waals surface area contributed by atoms with E-state index in [0.717, 1.165) is 35.0 Å². The number of rotatable bonds is 1. The number of aromatic nitrogens is 6. The van der Waals surface area contributed by atoms with Gasteiger partial charge in [-0.25, -0.2) is 9.97 Å². The first-order valence-corrected chi connectivity index (χ1v) is 6.93. The second-order valence-corrected chi connectivity index (χ2v) is 5.33. The van der Waals surface area contributed by atoms with Gasteiger partial charge in [0.2, 0.25) is 0 Å². The summed E-state index contributed by atoms with van der Waals surface area (Å²) in [6.07, 6.45) is 3.37. The van der Waals surface area contributed by atoms with Gasteiger partial charge in [0.05, 0.1) is 12.4 Å². The maximum absolute atomic E-state index is 4.30. The number of nitrogens with one attached hydrogen (secondary N) is 2. The van der Waals surface area contributed by atoms with E-state index in [1.165, 1.54) is 0 Å². The van der Waals surface area contributed by atoms with Crippen molar-refractivity contribution in [2.75, 3.05) is 18.1 Å². The Balaban J connectivity index is 1.90. The van der Waals surface area contributed by atoms with Gasteiger partial charge in [-0.05, 0) is 0 Å². The van der Waals surface area contributed by atoms with Gasteiger partial charge in [0.15, 0.2) is 17.1 Å². The topological polar surface area (TPSA) is 83.8 Å². The molecule has 0 spiro atoms. The van der Waals surface area contributed by atoms with E-state index in [1.54, 1.807) is 12.7 Å². The van der Waals surface area contributed by atoms with Gasteiger partial charge in [-0.2, -0.15) is 11.8 Å². The Morgan fingerprint density at radius 2 is 2.33 bits per heavy atom. The molecule has 8 heteroatoms. The van der Waals surface area contributed by atoms with Crippen LogP contribution in [0.4, 0.5) is 0 Å². The van der Waals surface area contributed by atoms with Crippen LogP contribution in [0.25, 0.3) is 16.8 Å². The van der Waals surface area contributed by atoms with E-state index in [9.17, 15) is 0 Å². The predicted octanol–water partition coefficient (Wildman–Crippen LogP) is 0.378. The van der Waals surface area contributed by atoms with E-state index in [1.807, 2.05) is 16.2 Å². The van der Waals surface area contributed by atoms with Crippen LogP contribution in [0.15, 0.2) is 12.7 Å². The molecule has 0 amide bonds. The highest BCUT2D eigenvalue weighted by Gasteiger charge is 2.21. The van der Waals surface area contributed by atoms with Crippen LogP contribution in [0, 0.1) is 0 Å². The lowest BCUT2D eigenvalue weighted by molar-refractivity contribution is 0.558. The van der Waals surface area contributed by atoms with Crippen LogP contribution < -0.4 is 5.32 Å². The molecule has 0 aromatic carbocycles. The molecule has 0 bridgehead atoms. The summed E-state index contributed by atoms with van der Waals surface area (Å²) >= 11 is 1.93. The Morgan fingerprint density at radius 3 is 3.22 bits per heavy atom. The van der Waals surface area contributed by atoms with Crippen LogP contribution >= 0.6 is 11.8 Å². The zero-order chi connectivity index (χ0) is 11.9. The molecule has 1 atom stereocenters. The Kier molecular flexibility index (Phi) is 2.24. The SMILES string of the molecule is c1nc2ncn3c(C4CSCCN4)nnc3c2[nH]1. The highest BCUT2D eigenvalue weighted by molar-refractivity contribution is 7.99. The lowest BCUT2D eigenvalue weighted by Gasteiger charge is -2.21. The number of aromatic amines is 1. The van der Waals surface area contributed by atoms with Gasteiger partial charge >= 0.3 is 0 Å². The molecule has 18 heavy (non-hydrogen) atoms. The quantitative estimate of drug-likeness (QED) is 0.659. The molecule has 1 saturated heterocycles. The zero-order valence-electron chi connectivity index (χ0n) is 9.50. The minimum Gasteiger partial charge on any atom is -0.340 e. The van der Waals surface area contributed by atoms with Crippen LogP contribution in [-0.2, 0) is 0 Å². The third-order valence-electron chi connectivity index (χ3n) is 3.09. The maximum Gasteiger partial charge on any atom is 0.189 e. The molecule has 1 fully saturated rings. The predicted molar refractivity (Wildman–Crippen MR) is 68.5 cm³/mol. The normalized spacial score (nSPS) is 20.8. The van der Waals surface area contributed by atoms with E-state index in [4.69, 9.17) is 0 Å². The van der Waals surface area contributed by atoms with Crippen molar-refractivity contribution in [3.8, 4) is 0 Å². The van der Waals surface area contributed by atoms with E-state index >= 15 is 0 Å². The Morgan fingerprint density at radius 1 is 1.33 bits per heavy atom. The van der Waals surface area contributed by atoms with Crippen molar-refractivity contribution in [2.24, 2.45) is 0 Å². The minimum absolute atomic E-state index is 0.237. The first-order valence-electron chi connectivity index (χ1n) is 5.77. The summed E-state index contributed by atoms with van der Waals surface area (Å²) in [5.41, 5.74) is 2.29. The maximum atomic E-state index is 4.30. The first kappa shape index (κ1) is 10.3. The van der Waals surface area contributed by atoms with Gasteiger partial charge < -0.3 is 10.3 Å². The summed E-state index contributed by atoms with van der Waals surface area (Å²) in [7, 11) is 0. The number of hydrogen-bond donors (Lipinski definition) is 2. The van der Waals surface area contributed by atoms with Crippen molar-refractivity contribution >= 4 is 28.6 Å². The van der Waals surface area contributed by atoms with Crippen molar-refractivity contribution in [3.63, 3.8) is 0 Å². The highest BCUT2D eigenvalue weighted by atomic mass is 32.2. The third kappa shape index (κ3) is 1.42. The number of nitrogens with zero attached hydrogens (tertiary/aromatic N) is 5. The monoisotopic (exact) mass is 261 g/mol. The van der Waals surface area contributed by atoms with Gasteiger partial charge in [0.25, 0.3) is 0 Å². The fourth-order valence-electron chi connectivity index (χ4n) is 2.22. The van der Waals surface area contributed by atoms with Crippen molar-refractivity contribution in [2.45, 2.75) is 6.04 Å². The fourth-order valence-corrected chi connectivity index (χ4v) is 3.15. The van der Waals surface area contributed by atoms with Crippen LogP contribution in [-0.4, -0.2) is 47.6 Å². The van der Waals surface area contributed by atoms with E-state index in [0.29, 0.717) is 5.65 Å². The average Bonchev–Trinajstić information content (AvgIpc) is 3.05. The van der Waals surface area contributed by atoms with Gasteiger partial charge in [0, 0.05) is 18.1 Å². The molecule has 0 radical (unpaired) electrons.